The molecule has 7 heteroatoms. The summed E-state index contributed by atoms with van der Waals surface area (Å²) in [7, 11) is 0. The highest BCUT2D eigenvalue weighted by molar-refractivity contribution is 7.12. The third-order valence-electron chi connectivity index (χ3n) is 6.69. The fraction of sp³-hybridized carbons (Fsp3) is 0.522. The molecule has 1 aliphatic heterocycles. The summed E-state index contributed by atoms with van der Waals surface area (Å²) in [6, 6.07) is 3.84. The highest BCUT2D eigenvalue weighted by atomic mass is 35.5. The van der Waals surface area contributed by atoms with Crippen molar-refractivity contribution >= 4 is 34.5 Å². The van der Waals surface area contributed by atoms with Gasteiger partial charge in [-0.15, -0.1) is 11.3 Å². The van der Waals surface area contributed by atoms with Crippen molar-refractivity contribution in [2.75, 3.05) is 6.54 Å². The lowest BCUT2D eigenvalue weighted by molar-refractivity contribution is 0.0611. The number of thiophene rings is 1. The Bertz CT molecular complexity index is 1090. The first-order valence-electron chi connectivity index (χ1n) is 10.9. The number of hydrogen-bond donors (Lipinski definition) is 0. The second kappa shape index (κ2) is 7.97. The SMILES string of the molecule is Cc1cn2nc([C@@H]3CCCCN3C(=O)c3sccc3Cl)cc2nc1C1CC[C@H](C)C1. The molecule has 0 radical (unpaired) electrons. The molecule has 5 rings (SSSR count). The monoisotopic (exact) mass is 442 g/mol. The maximum absolute atomic E-state index is 13.2. The van der Waals surface area contributed by atoms with Crippen LogP contribution >= 0.6 is 22.9 Å². The topological polar surface area (TPSA) is 50.5 Å². The van der Waals surface area contributed by atoms with E-state index in [1.807, 2.05) is 14.8 Å². The van der Waals surface area contributed by atoms with Crippen LogP contribution in [0.15, 0.2) is 23.7 Å². The minimum atomic E-state index is -0.0265. The maximum Gasteiger partial charge on any atom is 0.266 e. The Labute approximate surface area is 186 Å². The Hall–Kier alpha value is -1.92. The van der Waals surface area contributed by atoms with E-state index in [-0.39, 0.29) is 11.9 Å². The molecule has 3 atom stereocenters. The highest BCUT2D eigenvalue weighted by Crippen LogP contribution is 2.39. The van der Waals surface area contributed by atoms with Crippen molar-refractivity contribution in [1.29, 1.82) is 0 Å². The zero-order chi connectivity index (χ0) is 20.8. The number of amides is 1. The third kappa shape index (κ3) is 3.54. The zero-order valence-electron chi connectivity index (χ0n) is 17.5. The Morgan fingerprint density at radius 3 is 2.87 bits per heavy atom. The number of aryl methyl sites for hydroxylation is 1. The van der Waals surface area contributed by atoms with E-state index in [9.17, 15) is 4.79 Å². The lowest BCUT2D eigenvalue weighted by Gasteiger charge is -2.34. The highest BCUT2D eigenvalue weighted by Gasteiger charge is 2.32. The molecule has 1 saturated carbocycles. The number of halogens is 1. The lowest BCUT2D eigenvalue weighted by atomic mass is 9.98. The zero-order valence-corrected chi connectivity index (χ0v) is 19.0. The number of nitrogens with zero attached hydrogens (tertiary/aromatic N) is 4. The van der Waals surface area contributed by atoms with Crippen LogP contribution in [0, 0.1) is 12.8 Å². The summed E-state index contributed by atoms with van der Waals surface area (Å²) in [6.07, 6.45) is 8.86. The van der Waals surface area contributed by atoms with Crippen molar-refractivity contribution in [3.05, 3.63) is 50.6 Å². The van der Waals surface area contributed by atoms with Gasteiger partial charge >= 0.3 is 0 Å². The molecule has 30 heavy (non-hydrogen) atoms. The number of likely N-dealkylation sites (tertiary alicyclic amines) is 1. The van der Waals surface area contributed by atoms with E-state index in [0.29, 0.717) is 15.8 Å². The molecular weight excluding hydrogens is 416 g/mol. The van der Waals surface area contributed by atoms with Gasteiger partial charge in [-0.1, -0.05) is 24.9 Å². The average Bonchev–Trinajstić information content (AvgIpc) is 3.46. The van der Waals surface area contributed by atoms with Gasteiger partial charge < -0.3 is 4.90 Å². The smallest absolute Gasteiger partial charge is 0.266 e. The predicted octanol–water partition coefficient (Wildman–Crippen LogP) is 6.02. The van der Waals surface area contributed by atoms with Crippen molar-refractivity contribution in [2.45, 2.75) is 64.3 Å². The van der Waals surface area contributed by atoms with Gasteiger partial charge in [-0.25, -0.2) is 9.50 Å². The molecule has 0 bridgehead atoms. The molecule has 2 fully saturated rings. The van der Waals surface area contributed by atoms with Gasteiger partial charge in [0.05, 0.1) is 22.5 Å². The van der Waals surface area contributed by atoms with Gasteiger partial charge in [-0.3, -0.25) is 4.79 Å². The Balaban J connectivity index is 1.48. The largest absolute Gasteiger partial charge is 0.329 e. The number of piperidine rings is 1. The molecule has 1 unspecified atom stereocenters. The van der Waals surface area contributed by atoms with Crippen LogP contribution in [-0.4, -0.2) is 31.9 Å². The number of carbonyl (C=O) groups excluding carboxylic acids is 1. The second-order valence-corrected chi connectivity index (χ2v) is 10.2. The van der Waals surface area contributed by atoms with Crippen LogP contribution in [0.4, 0.5) is 0 Å². The summed E-state index contributed by atoms with van der Waals surface area (Å²) in [5.74, 6) is 1.34. The molecule has 2 aliphatic rings. The average molecular weight is 443 g/mol. The first kappa shape index (κ1) is 20.0. The van der Waals surface area contributed by atoms with Crippen LogP contribution < -0.4 is 0 Å². The first-order chi connectivity index (χ1) is 14.5. The summed E-state index contributed by atoms with van der Waals surface area (Å²) in [5, 5.41) is 7.26. The number of hydrogen-bond acceptors (Lipinski definition) is 4. The molecule has 3 aromatic rings. The quantitative estimate of drug-likeness (QED) is 0.498. The number of fused-ring (bicyclic) bond motifs is 1. The summed E-state index contributed by atoms with van der Waals surface area (Å²) in [5.41, 5.74) is 4.25. The van der Waals surface area contributed by atoms with Crippen LogP contribution in [0.5, 0.6) is 0 Å². The standard InChI is InChI=1S/C23H27ClN4OS/c1-14-6-7-16(11-14)21-15(2)13-28-20(25-21)12-18(26-28)19-5-3-4-9-27(19)23(29)22-17(24)8-10-30-22/h8,10,12-14,16,19H,3-7,9,11H2,1-2H3/t14-,16?,19-/m0/s1. The number of carbonyl (C=O) groups is 1. The maximum atomic E-state index is 13.2. The van der Waals surface area contributed by atoms with Gasteiger partial charge in [0.1, 0.15) is 4.88 Å². The minimum Gasteiger partial charge on any atom is -0.329 e. The van der Waals surface area contributed by atoms with Gasteiger partial charge in [-0.05, 0) is 62.0 Å². The van der Waals surface area contributed by atoms with Crippen LogP contribution in [0.3, 0.4) is 0 Å². The van der Waals surface area contributed by atoms with Gasteiger partial charge in [0.25, 0.3) is 5.91 Å². The summed E-state index contributed by atoms with van der Waals surface area (Å²) >= 11 is 7.66. The Kier molecular flexibility index (Phi) is 5.31. The van der Waals surface area contributed by atoms with Crippen LogP contribution in [0.2, 0.25) is 5.02 Å². The van der Waals surface area contributed by atoms with Crippen molar-refractivity contribution < 1.29 is 4.79 Å². The van der Waals surface area contributed by atoms with Gasteiger partial charge in [0.2, 0.25) is 0 Å². The third-order valence-corrected chi connectivity index (χ3v) is 8.02. The minimum absolute atomic E-state index is 0.0153. The van der Waals surface area contributed by atoms with E-state index in [2.05, 4.69) is 26.1 Å². The molecule has 0 N–H and O–H groups in total. The summed E-state index contributed by atoms with van der Waals surface area (Å²) in [4.78, 5) is 20.8. The molecular formula is C23H27ClN4OS. The molecule has 1 saturated heterocycles. The van der Waals surface area contributed by atoms with Gasteiger partial charge in [-0.2, -0.15) is 5.10 Å². The van der Waals surface area contributed by atoms with E-state index in [1.54, 1.807) is 6.07 Å². The fourth-order valence-electron chi connectivity index (χ4n) is 5.13. The lowest BCUT2D eigenvalue weighted by Crippen LogP contribution is -2.38. The Morgan fingerprint density at radius 2 is 2.13 bits per heavy atom. The predicted molar refractivity (Wildman–Crippen MR) is 120 cm³/mol. The number of aromatic nitrogens is 3. The van der Waals surface area contributed by atoms with Gasteiger partial charge in [0.15, 0.2) is 5.65 Å². The van der Waals surface area contributed by atoms with E-state index in [4.69, 9.17) is 21.7 Å². The molecule has 5 nitrogen and oxygen atoms in total. The number of rotatable bonds is 3. The van der Waals surface area contributed by atoms with E-state index < -0.39 is 0 Å². The van der Waals surface area contributed by atoms with Crippen molar-refractivity contribution in [1.82, 2.24) is 19.5 Å². The Morgan fingerprint density at radius 1 is 1.27 bits per heavy atom. The molecule has 0 aromatic carbocycles. The molecule has 0 spiro atoms. The van der Waals surface area contributed by atoms with Crippen LogP contribution in [0.25, 0.3) is 5.65 Å². The van der Waals surface area contributed by atoms with Crippen molar-refractivity contribution in [2.24, 2.45) is 5.92 Å². The van der Waals surface area contributed by atoms with Crippen molar-refractivity contribution in [3.63, 3.8) is 0 Å². The van der Waals surface area contributed by atoms with Crippen LogP contribution in [-0.2, 0) is 0 Å². The second-order valence-electron chi connectivity index (χ2n) is 8.90. The van der Waals surface area contributed by atoms with Crippen LogP contribution in [0.1, 0.15) is 84.0 Å². The molecule has 1 amide bonds. The van der Waals surface area contributed by atoms with Gasteiger partial charge in [0, 0.05) is 24.7 Å². The normalized spacial score (nSPS) is 24.6. The molecule has 158 valence electrons. The summed E-state index contributed by atoms with van der Waals surface area (Å²) < 4.78 is 1.89. The molecule has 3 aromatic heterocycles. The molecule has 1 aliphatic carbocycles. The van der Waals surface area contributed by atoms with E-state index in [0.717, 1.165) is 43.1 Å². The van der Waals surface area contributed by atoms with E-state index >= 15 is 0 Å². The van der Waals surface area contributed by atoms with Crippen molar-refractivity contribution in [3.8, 4) is 0 Å². The molecule has 4 heterocycles. The first-order valence-corrected chi connectivity index (χ1v) is 12.2. The van der Waals surface area contributed by atoms with E-state index in [1.165, 1.54) is 41.9 Å². The summed E-state index contributed by atoms with van der Waals surface area (Å²) in [6.45, 7) is 5.21. The fourth-order valence-corrected chi connectivity index (χ4v) is 6.22.